The van der Waals surface area contributed by atoms with Crippen LogP contribution < -0.4 is 0 Å². The van der Waals surface area contributed by atoms with E-state index in [1.54, 1.807) is 6.07 Å². The normalized spacial score (nSPS) is 12.8. The van der Waals surface area contributed by atoms with Gasteiger partial charge in [0.2, 0.25) is 0 Å². The Labute approximate surface area is 119 Å². The number of halogens is 4. The van der Waals surface area contributed by atoms with E-state index in [9.17, 15) is 4.39 Å². The van der Waals surface area contributed by atoms with Gasteiger partial charge in [-0.05, 0) is 55.6 Å². The van der Waals surface area contributed by atoms with Gasteiger partial charge in [-0.1, -0.05) is 12.1 Å². The van der Waals surface area contributed by atoms with Crippen LogP contribution in [0.1, 0.15) is 15.8 Å². The summed E-state index contributed by atoms with van der Waals surface area (Å²) in [5.74, 6) is -0.266. The molecule has 0 N–H and O–H groups in total. The zero-order chi connectivity index (χ0) is 11.7. The molecule has 1 aromatic heterocycles. The molecule has 0 aliphatic heterocycles. The zero-order valence-electron chi connectivity index (χ0n) is 7.88. The molecule has 0 saturated carbocycles. The van der Waals surface area contributed by atoms with Gasteiger partial charge in [-0.15, -0.1) is 22.9 Å². The molecule has 0 aliphatic rings. The van der Waals surface area contributed by atoms with Crippen molar-refractivity contribution < 1.29 is 4.39 Å². The van der Waals surface area contributed by atoms with Crippen LogP contribution in [0.25, 0.3) is 0 Å². The number of rotatable bonds is 2. The molecule has 0 aliphatic carbocycles. The summed E-state index contributed by atoms with van der Waals surface area (Å²) in [6, 6.07) is 8.30. The average Bonchev–Trinajstić information content (AvgIpc) is 2.58. The van der Waals surface area contributed by atoms with Gasteiger partial charge in [-0.25, -0.2) is 4.39 Å². The van der Waals surface area contributed by atoms with Crippen LogP contribution in [0.15, 0.2) is 38.6 Å². The molecule has 2 aromatic rings. The molecular weight excluding hydrogens is 378 g/mol. The fraction of sp³-hybridized carbons (Fsp3) is 0.0909. The van der Waals surface area contributed by atoms with E-state index in [2.05, 4.69) is 31.9 Å². The van der Waals surface area contributed by atoms with Crippen LogP contribution in [0.4, 0.5) is 4.39 Å². The highest BCUT2D eigenvalue weighted by Crippen LogP contribution is 2.40. The van der Waals surface area contributed by atoms with Crippen LogP contribution in [0, 0.1) is 5.82 Å². The van der Waals surface area contributed by atoms with E-state index in [-0.39, 0.29) is 11.2 Å². The van der Waals surface area contributed by atoms with Gasteiger partial charge in [0.15, 0.2) is 0 Å². The number of benzene rings is 1. The SMILES string of the molecule is Fc1cccc(C(Cl)c2cc(Br)c(Br)s2)c1. The molecule has 0 bridgehead atoms. The lowest BCUT2D eigenvalue weighted by molar-refractivity contribution is 0.626. The van der Waals surface area contributed by atoms with Crippen molar-refractivity contribution in [2.45, 2.75) is 5.38 Å². The monoisotopic (exact) mass is 382 g/mol. The summed E-state index contributed by atoms with van der Waals surface area (Å²) in [5.41, 5.74) is 0.767. The molecule has 1 atom stereocenters. The molecule has 0 nitrogen and oxygen atoms in total. The van der Waals surface area contributed by atoms with Crippen molar-refractivity contribution in [1.29, 1.82) is 0 Å². The molecule has 0 saturated heterocycles. The zero-order valence-corrected chi connectivity index (χ0v) is 12.6. The molecule has 16 heavy (non-hydrogen) atoms. The molecule has 0 fully saturated rings. The Balaban J connectivity index is 2.35. The van der Waals surface area contributed by atoms with E-state index >= 15 is 0 Å². The maximum Gasteiger partial charge on any atom is 0.123 e. The molecule has 0 amide bonds. The summed E-state index contributed by atoms with van der Waals surface area (Å²) >= 11 is 14.6. The standard InChI is InChI=1S/C11H6Br2ClFS/c12-8-5-9(16-11(8)13)10(14)6-2-1-3-7(15)4-6/h1-5,10H. The summed E-state index contributed by atoms with van der Waals surface area (Å²) in [4.78, 5) is 0.978. The summed E-state index contributed by atoms with van der Waals surface area (Å²) in [6.45, 7) is 0. The van der Waals surface area contributed by atoms with Gasteiger partial charge in [-0.3, -0.25) is 0 Å². The molecular formula is C11H6Br2ClFS. The Morgan fingerprint density at radius 2 is 2.00 bits per heavy atom. The molecule has 2 rings (SSSR count). The van der Waals surface area contributed by atoms with Crippen LogP contribution in [0.2, 0.25) is 0 Å². The van der Waals surface area contributed by atoms with Crippen molar-refractivity contribution in [3.8, 4) is 0 Å². The summed E-state index contributed by atoms with van der Waals surface area (Å²) in [5, 5.41) is -0.316. The number of thiophene rings is 1. The predicted octanol–water partition coefficient (Wildman–Crippen LogP) is 5.74. The number of hydrogen-bond acceptors (Lipinski definition) is 1. The second-order valence-electron chi connectivity index (χ2n) is 3.19. The quantitative estimate of drug-likeness (QED) is 0.579. The molecule has 1 heterocycles. The third-order valence-corrected chi connectivity index (χ3v) is 5.99. The van der Waals surface area contributed by atoms with E-state index in [0.717, 1.165) is 18.7 Å². The van der Waals surface area contributed by atoms with Gasteiger partial charge in [-0.2, -0.15) is 0 Å². The van der Waals surface area contributed by atoms with E-state index < -0.39 is 0 Å². The Morgan fingerprint density at radius 3 is 2.56 bits per heavy atom. The fourth-order valence-corrected chi connectivity index (χ4v) is 3.74. The maximum absolute atomic E-state index is 13.1. The summed E-state index contributed by atoms with van der Waals surface area (Å²) in [7, 11) is 0. The van der Waals surface area contributed by atoms with Gasteiger partial charge < -0.3 is 0 Å². The first-order valence-corrected chi connectivity index (χ1v) is 7.26. The third kappa shape index (κ3) is 2.67. The van der Waals surface area contributed by atoms with Crippen molar-refractivity contribution in [1.82, 2.24) is 0 Å². The second-order valence-corrected chi connectivity index (χ2v) is 6.88. The molecule has 1 aromatic carbocycles. The number of hydrogen-bond donors (Lipinski definition) is 0. The Kier molecular flexibility index (Phi) is 4.06. The smallest absolute Gasteiger partial charge is 0.123 e. The van der Waals surface area contributed by atoms with Crippen molar-refractivity contribution in [3.05, 3.63) is 54.8 Å². The third-order valence-electron chi connectivity index (χ3n) is 2.06. The highest BCUT2D eigenvalue weighted by molar-refractivity contribution is 9.13. The maximum atomic E-state index is 13.1. The highest BCUT2D eigenvalue weighted by Gasteiger charge is 2.15. The Bertz CT molecular complexity index is 493. The van der Waals surface area contributed by atoms with Crippen molar-refractivity contribution >= 4 is 54.8 Å². The van der Waals surface area contributed by atoms with Crippen molar-refractivity contribution in [2.24, 2.45) is 0 Å². The lowest BCUT2D eigenvalue weighted by atomic mass is 10.1. The second kappa shape index (κ2) is 5.17. The van der Waals surface area contributed by atoms with Crippen molar-refractivity contribution in [2.75, 3.05) is 0 Å². The van der Waals surface area contributed by atoms with Crippen LogP contribution in [-0.4, -0.2) is 0 Å². The molecule has 0 spiro atoms. The van der Waals surface area contributed by atoms with Crippen LogP contribution in [-0.2, 0) is 0 Å². The highest BCUT2D eigenvalue weighted by atomic mass is 79.9. The minimum atomic E-state index is -0.316. The summed E-state index contributed by atoms with van der Waals surface area (Å²) < 4.78 is 15.0. The van der Waals surface area contributed by atoms with E-state index in [4.69, 9.17) is 11.6 Å². The average molecular weight is 384 g/mol. The van der Waals surface area contributed by atoms with Crippen LogP contribution >= 0.6 is 54.8 Å². The Morgan fingerprint density at radius 1 is 1.25 bits per heavy atom. The minimum absolute atomic E-state index is 0.266. The van der Waals surface area contributed by atoms with E-state index in [1.165, 1.54) is 23.5 Å². The Hall–Kier alpha value is 0.1000. The summed E-state index contributed by atoms with van der Waals surface area (Å²) in [6.07, 6.45) is 0. The van der Waals surface area contributed by atoms with Gasteiger partial charge in [0, 0.05) is 9.35 Å². The number of alkyl halides is 1. The lowest BCUT2D eigenvalue weighted by Crippen LogP contribution is -1.90. The van der Waals surface area contributed by atoms with Gasteiger partial charge in [0.25, 0.3) is 0 Å². The van der Waals surface area contributed by atoms with Gasteiger partial charge in [0.05, 0.1) is 9.16 Å². The van der Waals surface area contributed by atoms with E-state index in [1.807, 2.05) is 12.1 Å². The van der Waals surface area contributed by atoms with Crippen LogP contribution in [0.5, 0.6) is 0 Å². The molecule has 84 valence electrons. The van der Waals surface area contributed by atoms with Crippen molar-refractivity contribution in [3.63, 3.8) is 0 Å². The first kappa shape index (κ1) is 12.6. The van der Waals surface area contributed by atoms with E-state index in [0.29, 0.717) is 0 Å². The molecule has 5 heteroatoms. The molecule has 1 unspecified atom stereocenters. The fourth-order valence-electron chi connectivity index (χ4n) is 1.32. The first-order valence-electron chi connectivity index (χ1n) is 4.42. The predicted molar refractivity (Wildman–Crippen MR) is 73.8 cm³/mol. The molecule has 0 radical (unpaired) electrons. The van der Waals surface area contributed by atoms with Gasteiger partial charge in [0.1, 0.15) is 5.82 Å². The van der Waals surface area contributed by atoms with Crippen LogP contribution in [0.3, 0.4) is 0 Å². The first-order chi connectivity index (χ1) is 7.58. The van der Waals surface area contributed by atoms with Gasteiger partial charge >= 0.3 is 0 Å². The topological polar surface area (TPSA) is 0 Å². The minimum Gasteiger partial charge on any atom is -0.207 e. The largest absolute Gasteiger partial charge is 0.207 e. The lowest BCUT2D eigenvalue weighted by Gasteiger charge is -2.07.